The van der Waals surface area contributed by atoms with Gasteiger partial charge in [-0.1, -0.05) is 48.5 Å². The van der Waals surface area contributed by atoms with E-state index >= 15 is 0 Å². The maximum Gasteiger partial charge on any atom is 0.264 e. The summed E-state index contributed by atoms with van der Waals surface area (Å²) in [6.45, 7) is 1.51. The lowest BCUT2D eigenvalue weighted by Crippen LogP contribution is -2.19. The number of carbonyl (C=O) groups is 1. The molecule has 0 fully saturated rings. The summed E-state index contributed by atoms with van der Waals surface area (Å²) < 4.78 is 29.0. The van der Waals surface area contributed by atoms with Gasteiger partial charge in [0.25, 0.3) is 6.43 Å². The van der Waals surface area contributed by atoms with Gasteiger partial charge in [-0.05, 0) is 25.1 Å². The van der Waals surface area contributed by atoms with Crippen LogP contribution < -0.4 is 5.32 Å². The Hall–Kier alpha value is -3.61. The van der Waals surface area contributed by atoms with Gasteiger partial charge < -0.3 is 5.32 Å². The van der Waals surface area contributed by atoms with Crippen LogP contribution in [0.5, 0.6) is 0 Å². The normalized spacial score (nSPS) is 11.2. The number of nitrogens with one attached hydrogen (secondary N) is 1. The summed E-state index contributed by atoms with van der Waals surface area (Å²) in [5.74, 6) is -0.314. The minimum atomic E-state index is -2.68. The minimum Gasteiger partial charge on any atom is -0.324 e. The average Bonchev–Trinajstić information content (AvgIpc) is 3.04. The van der Waals surface area contributed by atoms with Crippen LogP contribution in [0.4, 0.5) is 14.5 Å². The fourth-order valence-electron chi connectivity index (χ4n) is 3.28. The summed E-state index contributed by atoms with van der Waals surface area (Å²) in [7, 11) is 0. The number of fused-ring (bicyclic) bond motifs is 1. The van der Waals surface area contributed by atoms with Gasteiger partial charge >= 0.3 is 0 Å². The SMILES string of the molecule is Cc1nn(CC(=O)Nc2ccccc2)c2nc(-c3ccccc3)cc(C(F)F)c12. The molecule has 146 valence electrons. The van der Waals surface area contributed by atoms with Gasteiger partial charge in [0.05, 0.1) is 16.8 Å². The van der Waals surface area contributed by atoms with Gasteiger partial charge in [0.1, 0.15) is 6.54 Å². The molecule has 0 saturated heterocycles. The Kier molecular flexibility index (Phi) is 5.03. The second kappa shape index (κ2) is 7.79. The summed E-state index contributed by atoms with van der Waals surface area (Å²) in [4.78, 5) is 17.0. The fourth-order valence-corrected chi connectivity index (χ4v) is 3.28. The van der Waals surface area contributed by atoms with Crippen LogP contribution in [0.2, 0.25) is 0 Å². The first-order valence-corrected chi connectivity index (χ1v) is 9.09. The van der Waals surface area contributed by atoms with E-state index in [-0.39, 0.29) is 29.0 Å². The first-order chi connectivity index (χ1) is 14.0. The van der Waals surface area contributed by atoms with E-state index in [0.717, 1.165) is 5.56 Å². The molecule has 0 saturated carbocycles. The molecule has 0 bridgehead atoms. The number of aryl methyl sites for hydroxylation is 1. The highest BCUT2D eigenvalue weighted by Gasteiger charge is 2.22. The molecule has 0 atom stereocenters. The Balaban J connectivity index is 1.76. The molecule has 0 aliphatic carbocycles. The fraction of sp³-hybridized carbons (Fsp3) is 0.136. The molecule has 0 spiro atoms. The van der Waals surface area contributed by atoms with Gasteiger partial charge in [-0.2, -0.15) is 5.10 Å². The van der Waals surface area contributed by atoms with E-state index in [1.54, 1.807) is 31.2 Å². The second-order valence-corrected chi connectivity index (χ2v) is 6.62. The van der Waals surface area contributed by atoms with Gasteiger partial charge in [0.15, 0.2) is 5.65 Å². The Bertz CT molecular complexity index is 1160. The molecule has 29 heavy (non-hydrogen) atoms. The van der Waals surface area contributed by atoms with Crippen LogP contribution in [0.25, 0.3) is 22.3 Å². The molecule has 2 aromatic carbocycles. The van der Waals surface area contributed by atoms with E-state index in [1.165, 1.54) is 10.7 Å². The van der Waals surface area contributed by atoms with Crippen LogP contribution in [0, 0.1) is 6.92 Å². The van der Waals surface area contributed by atoms with Crippen LogP contribution in [-0.2, 0) is 11.3 Å². The lowest BCUT2D eigenvalue weighted by Gasteiger charge is -2.09. The highest BCUT2D eigenvalue weighted by molar-refractivity contribution is 5.92. The molecule has 1 N–H and O–H groups in total. The zero-order valence-corrected chi connectivity index (χ0v) is 15.6. The van der Waals surface area contributed by atoms with Crippen LogP contribution in [0.15, 0.2) is 66.7 Å². The lowest BCUT2D eigenvalue weighted by atomic mass is 10.1. The summed E-state index contributed by atoms with van der Waals surface area (Å²) in [6.07, 6.45) is -2.68. The summed E-state index contributed by atoms with van der Waals surface area (Å²) in [5, 5.41) is 7.37. The quantitative estimate of drug-likeness (QED) is 0.521. The molecule has 4 rings (SSSR count). The highest BCUT2D eigenvalue weighted by atomic mass is 19.3. The number of rotatable bonds is 5. The number of anilines is 1. The number of amides is 1. The zero-order chi connectivity index (χ0) is 20.4. The van der Waals surface area contributed by atoms with E-state index in [4.69, 9.17) is 0 Å². The molecular formula is C22H18F2N4O. The summed E-state index contributed by atoms with van der Waals surface area (Å²) in [6, 6.07) is 19.5. The molecular weight excluding hydrogens is 374 g/mol. The maximum absolute atomic E-state index is 13.8. The number of alkyl halides is 2. The smallest absolute Gasteiger partial charge is 0.264 e. The first-order valence-electron chi connectivity index (χ1n) is 9.09. The van der Waals surface area contributed by atoms with E-state index < -0.39 is 6.43 Å². The molecule has 0 aliphatic heterocycles. The second-order valence-electron chi connectivity index (χ2n) is 6.62. The van der Waals surface area contributed by atoms with Crippen molar-refractivity contribution >= 4 is 22.6 Å². The predicted molar refractivity (Wildman–Crippen MR) is 108 cm³/mol. The average molecular weight is 392 g/mol. The summed E-state index contributed by atoms with van der Waals surface area (Å²) >= 11 is 0. The third kappa shape index (κ3) is 3.85. The topological polar surface area (TPSA) is 59.8 Å². The number of para-hydroxylation sites is 1. The van der Waals surface area contributed by atoms with Crippen molar-refractivity contribution in [2.24, 2.45) is 0 Å². The van der Waals surface area contributed by atoms with Gasteiger partial charge in [0.2, 0.25) is 5.91 Å². The van der Waals surface area contributed by atoms with Crippen LogP contribution in [-0.4, -0.2) is 20.7 Å². The van der Waals surface area contributed by atoms with Gasteiger partial charge in [-0.3, -0.25) is 4.79 Å². The van der Waals surface area contributed by atoms with Crippen molar-refractivity contribution in [2.75, 3.05) is 5.32 Å². The minimum absolute atomic E-state index is 0.132. The molecule has 7 heteroatoms. The number of pyridine rings is 1. The number of halogens is 2. The standard InChI is InChI=1S/C22H18F2N4O/c1-14-20-17(21(23)24)12-18(15-8-4-2-5-9-15)26-22(20)28(27-14)13-19(29)25-16-10-6-3-7-11-16/h2-12,21H,13H2,1H3,(H,25,29). The van der Waals surface area contributed by atoms with E-state index in [9.17, 15) is 13.6 Å². The van der Waals surface area contributed by atoms with Crippen molar-refractivity contribution < 1.29 is 13.6 Å². The Labute approximate surface area is 166 Å². The lowest BCUT2D eigenvalue weighted by molar-refractivity contribution is -0.116. The number of carbonyl (C=O) groups excluding carboxylic acids is 1. The van der Waals surface area contributed by atoms with Crippen molar-refractivity contribution in [3.8, 4) is 11.3 Å². The molecule has 0 aliphatic rings. The Morgan fingerprint density at radius 1 is 1.07 bits per heavy atom. The van der Waals surface area contributed by atoms with E-state index in [2.05, 4.69) is 15.4 Å². The number of aromatic nitrogens is 3. The molecule has 1 amide bonds. The first kappa shape index (κ1) is 18.7. The predicted octanol–water partition coefficient (Wildman–Crippen LogP) is 4.98. The van der Waals surface area contributed by atoms with Gasteiger partial charge in [-0.15, -0.1) is 0 Å². The van der Waals surface area contributed by atoms with E-state index in [0.29, 0.717) is 17.1 Å². The van der Waals surface area contributed by atoms with Crippen LogP contribution in [0.3, 0.4) is 0 Å². The molecule has 2 heterocycles. The van der Waals surface area contributed by atoms with Crippen LogP contribution >= 0.6 is 0 Å². The molecule has 2 aromatic heterocycles. The number of hydrogen-bond acceptors (Lipinski definition) is 3. The van der Waals surface area contributed by atoms with Crippen molar-refractivity contribution in [2.45, 2.75) is 19.9 Å². The zero-order valence-electron chi connectivity index (χ0n) is 15.6. The van der Waals surface area contributed by atoms with Crippen LogP contribution in [0.1, 0.15) is 17.7 Å². The monoisotopic (exact) mass is 392 g/mol. The molecule has 4 aromatic rings. The Morgan fingerprint density at radius 2 is 1.72 bits per heavy atom. The molecule has 0 unspecified atom stereocenters. The number of benzene rings is 2. The van der Waals surface area contributed by atoms with Gasteiger partial charge in [0, 0.05) is 16.8 Å². The van der Waals surface area contributed by atoms with Crippen molar-refractivity contribution in [1.82, 2.24) is 14.8 Å². The highest BCUT2D eigenvalue weighted by Crippen LogP contribution is 2.33. The largest absolute Gasteiger partial charge is 0.324 e. The Morgan fingerprint density at radius 3 is 2.38 bits per heavy atom. The summed E-state index contributed by atoms with van der Waals surface area (Å²) in [5.41, 5.74) is 2.32. The number of hydrogen-bond donors (Lipinski definition) is 1. The molecule has 5 nitrogen and oxygen atoms in total. The van der Waals surface area contributed by atoms with Crippen molar-refractivity contribution in [3.05, 3.63) is 78.0 Å². The van der Waals surface area contributed by atoms with Crippen molar-refractivity contribution in [3.63, 3.8) is 0 Å². The van der Waals surface area contributed by atoms with Gasteiger partial charge in [-0.25, -0.2) is 18.4 Å². The third-order valence-corrected chi connectivity index (χ3v) is 4.56. The maximum atomic E-state index is 13.8. The molecule has 0 radical (unpaired) electrons. The third-order valence-electron chi connectivity index (χ3n) is 4.56. The van der Waals surface area contributed by atoms with E-state index in [1.807, 2.05) is 36.4 Å². The number of nitrogens with zero attached hydrogens (tertiary/aromatic N) is 3. The van der Waals surface area contributed by atoms with Crippen molar-refractivity contribution in [1.29, 1.82) is 0 Å².